The van der Waals surface area contributed by atoms with Crippen molar-refractivity contribution in [3.8, 4) is 11.5 Å². The van der Waals surface area contributed by atoms with Crippen LogP contribution in [0.1, 0.15) is 62.5 Å². The van der Waals surface area contributed by atoms with Crippen molar-refractivity contribution in [1.29, 1.82) is 0 Å². The molecule has 25 heavy (non-hydrogen) atoms. The Bertz CT molecular complexity index is 701. The third-order valence-electron chi connectivity index (χ3n) is 7.61. The minimum Gasteiger partial charge on any atom is -0.504 e. The standard InChI is InChI=1S/C21H29NO3/c23-16-7-6-15-12-17-21(25)10-2-1-8-20(21,18(15)19(16)24)9-3-11-22(17)13-14-4-5-14/h6-7,14,17,23-25H,1-5,8-13H2. The van der Waals surface area contributed by atoms with E-state index < -0.39 is 11.0 Å². The maximum atomic E-state index is 12.1. The molecule has 4 heteroatoms. The average Bonchev–Trinajstić information content (AvgIpc) is 3.41. The highest BCUT2D eigenvalue weighted by molar-refractivity contribution is 5.57. The predicted molar refractivity (Wildman–Crippen MR) is 95.9 cm³/mol. The zero-order valence-corrected chi connectivity index (χ0v) is 14.9. The Balaban J connectivity index is 1.69. The van der Waals surface area contributed by atoms with Gasteiger partial charge in [0.2, 0.25) is 0 Å². The van der Waals surface area contributed by atoms with Crippen LogP contribution in [0.5, 0.6) is 11.5 Å². The number of hydrogen-bond donors (Lipinski definition) is 3. The molecule has 3 unspecified atom stereocenters. The molecule has 3 aliphatic carbocycles. The molecule has 136 valence electrons. The van der Waals surface area contributed by atoms with Crippen LogP contribution in [-0.4, -0.2) is 45.0 Å². The Hall–Kier alpha value is -1.26. The van der Waals surface area contributed by atoms with Crippen molar-refractivity contribution >= 4 is 0 Å². The molecule has 3 fully saturated rings. The molecule has 0 amide bonds. The Morgan fingerprint density at radius 1 is 1.04 bits per heavy atom. The molecule has 4 nitrogen and oxygen atoms in total. The number of nitrogens with zero attached hydrogens (tertiary/aromatic N) is 1. The van der Waals surface area contributed by atoms with Crippen molar-refractivity contribution in [3.05, 3.63) is 23.3 Å². The normalized spacial score (nSPS) is 37.9. The second-order valence-electron chi connectivity index (χ2n) is 8.94. The second-order valence-corrected chi connectivity index (χ2v) is 8.94. The molecule has 3 N–H and O–H groups in total. The minimum absolute atomic E-state index is 0.0203. The van der Waals surface area contributed by atoms with Gasteiger partial charge in [0.05, 0.1) is 5.60 Å². The van der Waals surface area contributed by atoms with E-state index in [4.69, 9.17) is 0 Å². The first-order valence-corrected chi connectivity index (χ1v) is 10.1. The summed E-state index contributed by atoms with van der Waals surface area (Å²) in [5.74, 6) is 0.791. The molecule has 0 spiro atoms. The average molecular weight is 343 g/mol. The van der Waals surface area contributed by atoms with Crippen LogP contribution in [-0.2, 0) is 11.8 Å². The molecule has 1 aromatic rings. The van der Waals surface area contributed by atoms with Gasteiger partial charge in [0.25, 0.3) is 0 Å². The van der Waals surface area contributed by atoms with Crippen LogP contribution in [0.15, 0.2) is 12.1 Å². The van der Waals surface area contributed by atoms with E-state index in [9.17, 15) is 15.3 Å². The molecule has 4 aliphatic rings. The summed E-state index contributed by atoms with van der Waals surface area (Å²) in [4.78, 5) is 2.57. The lowest BCUT2D eigenvalue weighted by Gasteiger charge is -2.58. The first kappa shape index (κ1) is 16.0. The number of rotatable bonds is 2. The highest BCUT2D eigenvalue weighted by Crippen LogP contribution is 2.60. The zero-order chi connectivity index (χ0) is 17.2. The molecule has 2 saturated carbocycles. The molecule has 1 saturated heterocycles. The number of phenolic OH excluding ortho intramolecular Hbond substituents is 2. The molecule has 1 aromatic carbocycles. The van der Waals surface area contributed by atoms with Crippen LogP contribution < -0.4 is 0 Å². The van der Waals surface area contributed by atoms with Crippen LogP contribution in [0.4, 0.5) is 0 Å². The van der Waals surface area contributed by atoms with E-state index >= 15 is 0 Å². The fourth-order valence-electron chi connectivity index (χ4n) is 6.30. The Labute approximate surface area is 149 Å². The quantitative estimate of drug-likeness (QED) is 0.722. The molecule has 3 atom stereocenters. The summed E-state index contributed by atoms with van der Waals surface area (Å²) in [6, 6.07) is 3.75. The van der Waals surface area contributed by atoms with E-state index in [2.05, 4.69) is 4.90 Å². The number of likely N-dealkylation sites (tertiary alicyclic amines) is 1. The summed E-state index contributed by atoms with van der Waals surface area (Å²) in [7, 11) is 0. The summed E-state index contributed by atoms with van der Waals surface area (Å²) < 4.78 is 0. The first-order chi connectivity index (χ1) is 12.1. The summed E-state index contributed by atoms with van der Waals surface area (Å²) in [5, 5.41) is 33.0. The minimum atomic E-state index is -0.783. The second kappa shape index (κ2) is 5.37. The van der Waals surface area contributed by atoms with Gasteiger partial charge in [0, 0.05) is 23.6 Å². The number of phenols is 2. The molecule has 1 aliphatic heterocycles. The molecule has 1 heterocycles. The van der Waals surface area contributed by atoms with Gasteiger partial charge >= 0.3 is 0 Å². The van der Waals surface area contributed by atoms with Gasteiger partial charge in [0.1, 0.15) is 0 Å². The van der Waals surface area contributed by atoms with Gasteiger partial charge < -0.3 is 15.3 Å². The molecular weight excluding hydrogens is 314 g/mol. The summed E-state index contributed by atoms with van der Waals surface area (Å²) in [6.07, 6.45) is 9.29. The monoisotopic (exact) mass is 343 g/mol. The van der Waals surface area contributed by atoms with Crippen molar-refractivity contribution in [2.75, 3.05) is 13.1 Å². The number of aliphatic hydroxyl groups is 1. The molecular formula is C21H29NO3. The fraction of sp³-hybridized carbons (Fsp3) is 0.714. The van der Waals surface area contributed by atoms with Crippen LogP contribution in [0.25, 0.3) is 0 Å². The van der Waals surface area contributed by atoms with Crippen LogP contribution in [0, 0.1) is 5.92 Å². The third-order valence-corrected chi connectivity index (χ3v) is 7.61. The molecule has 2 bridgehead atoms. The SMILES string of the molecule is Oc1ccc2c(c1O)C13CCCCC1(O)C(C2)N(CC1CC1)CCC3. The molecule has 0 aromatic heterocycles. The van der Waals surface area contributed by atoms with Gasteiger partial charge in [-0.2, -0.15) is 0 Å². The van der Waals surface area contributed by atoms with E-state index in [1.807, 2.05) is 6.07 Å². The number of fused-ring (bicyclic) bond motifs is 1. The predicted octanol–water partition coefficient (Wildman–Crippen LogP) is 3.07. The van der Waals surface area contributed by atoms with Crippen molar-refractivity contribution in [3.63, 3.8) is 0 Å². The maximum Gasteiger partial charge on any atom is 0.161 e. The van der Waals surface area contributed by atoms with Gasteiger partial charge in [-0.15, -0.1) is 0 Å². The maximum absolute atomic E-state index is 12.1. The Kier molecular flexibility index (Phi) is 3.43. The largest absolute Gasteiger partial charge is 0.504 e. The number of aromatic hydroxyl groups is 2. The first-order valence-electron chi connectivity index (χ1n) is 10.1. The zero-order valence-electron chi connectivity index (χ0n) is 14.9. The summed E-state index contributed by atoms with van der Waals surface area (Å²) in [5.41, 5.74) is 0.813. The third kappa shape index (κ3) is 2.13. The van der Waals surface area contributed by atoms with Gasteiger partial charge in [-0.1, -0.05) is 18.9 Å². The van der Waals surface area contributed by atoms with Gasteiger partial charge in [0.15, 0.2) is 11.5 Å². The van der Waals surface area contributed by atoms with Crippen LogP contribution in [0.2, 0.25) is 0 Å². The van der Waals surface area contributed by atoms with Crippen molar-refractivity contribution < 1.29 is 15.3 Å². The Morgan fingerprint density at radius 3 is 2.60 bits per heavy atom. The molecule has 5 rings (SSSR count). The molecule has 0 radical (unpaired) electrons. The van der Waals surface area contributed by atoms with Crippen LogP contribution >= 0.6 is 0 Å². The van der Waals surface area contributed by atoms with Crippen molar-refractivity contribution in [1.82, 2.24) is 4.90 Å². The topological polar surface area (TPSA) is 63.9 Å². The van der Waals surface area contributed by atoms with Gasteiger partial charge in [-0.3, -0.25) is 4.90 Å². The van der Waals surface area contributed by atoms with Gasteiger partial charge in [-0.05, 0) is 69.0 Å². The van der Waals surface area contributed by atoms with Crippen molar-refractivity contribution in [2.24, 2.45) is 5.92 Å². The smallest absolute Gasteiger partial charge is 0.161 e. The van der Waals surface area contributed by atoms with E-state index in [-0.39, 0.29) is 17.5 Å². The van der Waals surface area contributed by atoms with E-state index in [0.717, 1.165) is 75.1 Å². The van der Waals surface area contributed by atoms with Gasteiger partial charge in [-0.25, -0.2) is 0 Å². The highest BCUT2D eigenvalue weighted by atomic mass is 16.3. The summed E-state index contributed by atoms with van der Waals surface area (Å²) >= 11 is 0. The van der Waals surface area contributed by atoms with E-state index in [0.29, 0.717) is 0 Å². The fourth-order valence-corrected chi connectivity index (χ4v) is 6.30. The van der Waals surface area contributed by atoms with Crippen LogP contribution in [0.3, 0.4) is 0 Å². The van der Waals surface area contributed by atoms with E-state index in [1.165, 1.54) is 12.8 Å². The lowest BCUT2D eigenvalue weighted by atomic mass is 9.51. The summed E-state index contributed by atoms with van der Waals surface area (Å²) in [6.45, 7) is 2.16. The lowest BCUT2D eigenvalue weighted by molar-refractivity contribution is -0.127. The number of hydrogen-bond acceptors (Lipinski definition) is 4. The number of benzene rings is 1. The highest BCUT2D eigenvalue weighted by Gasteiger charge is 2.62. The van der Waals surface area contributed by atoms with E-state index in [1.54, 1.807) is 6.07 Å². The Morgan fingerprint density at radius 2 is 1.80 bits per heavy atom. The lowest BCUT2D eigenvalue weighted by Crippen LogP contribution is -2.67. The van der Waals surface area contributed by atoms with Crippen molar-refractivity contribution in [2.45, 2.75) is 74.8 Å².